The van der Waals surface area contributed by atoms with Crippen LogP contribution >= 0.6 is 11.3 Å². The number of fused-ring (bicyclic) bond motifs is 1. The Balaban J connectivity index is 1.31. The van der Waals surface area contributed by atoms with Gasteiger partial charge in [0.15, 0.2) is 0 Å². The molecule has 8 heteroatoms. The molecule has 3 aromatic rings. The number of methoxy groups -OCH3 is 1. The number of anilines is 1. The van der Waals surface area contributed by atoms with Crippen molar-refractivity contribution in [1.82, 2.24) is 10.1 Å². The summed E-state index contributed by atoms with van der Waals surface area (Å²) in [5.41, 5.74) is 2.60. The van der Waals surface area contributed by atoms with Gasteiger partial charge in [-0.2, -0.15) is 10.2 Å². The third-order valence-electron chi connectivity index (χ3n) is 5.49. The minimum absolute atomic E-state index is 0.0990. The van der Waals surface area contributed by atoms with E-state index in [0.717, 1.165) is 36.1 Å². The van der Waals surface area contributed by atoms with Gasteiger partial charge in [-0.05, 0) is 61.4 Å². The highest BCUT2D eigenvalue weighted by Gasteiger charge is 2.24. The van der Waals surface area contributed by atoms with Crippen LogP contribution in [0.3, 0.4) is 0 Å². The first-order valence-electron chi connectivity index (χ1n) is 10.4. The van der Waals surface area contributed by atoms with Crippen molar-refractivity contribution in [2.75, 3.05) is 12.4 Å². The number of ether oxygens (including phenoxy) is 1. The summed E-state index contributed by atoms with van der Waals surface area (Å²) in [5.74, 6) is 2.30. The molecular weight excluding hydrogens is 412 g/mol. The predicted molar refractivity (Wildman–Crippen MR) is 118 cm³/mol. The number of nitrogens with one attached hydrogen (secondary N) is 1. The zero-order valence-corrected chi connectivity index (χ0v) is 18.4. The van der Waals surface area contributed by atoms with Gasteiger partial charge in [0, 0.05) is 23.3 Å². The summed E-state index contributed by atoms with van der Waals surface area (Å²) >= 11 is 1.55. The highest BCUT2D eigenvalue weighted by Crippen LogP contribution is 2.39. The fourth-order valence-corrected chi connectivity index (χ4v) is 5.14. The first-order chi connectivity index (χ1) is 15.1. The Labute approximate surface area is 185 Å². The Morgan fingerprint density at radius 2 is 2.19 bits per heavy atom. The van der Waals surface area contributed by atoms with E-state index in [-0.39, 0.29) is 5.91 Å². The number of aromatic nitrogens is 2. The van der Waals surface area contributed by atoms with Crippen molar-refractivity contribution in [1.29, 1.82) is 5.26 Å². The minimum atomic E-state index is -0.0990. The molecule has 4 rings (SSSR count). The summed E-state index contributed by atoms with van der Waals surface area (Å²) < 4.78 is 10.5. The van der Waals surface area contributed by atoms with Gasteiger partial charge in [0.1, 0.15) is 16.8 Å². The van der Waals surface area contributed by atoms with Gasteiger partial charge in [-0.1, -0.05) is 12.1 Å². The van der Waals surface area contributed by atoms with E-state index < -0.39 is 0 Å². The molecule has 1 N–H and O–H groups in total. The Bertz CT molecular complexity index is 1110. The second-order valence-electron chi connectivity index (χ2n) is 7.81. The molecule has 1 amide bonds. The van der Waals surface area contributed by atoms with E-state index in [9.17, 15) is 10.1 Å². The number of thiophene rings is 1. The quantitative estimate of drug-likeness (QED) is 0.573. The topological polar surface area (TPSA) is 101 Å². The lowest BCUT2D eigenvalue weighted by molar-refractivity contribution is -0.116. The average Bonchev–Trinajstić information content (AvgIpc) is 3.37. The van der Waals surface area contributed by atoms with Crippen molar-refractivity contribution >= 4 is 22.2 Å². The fourth-order valence-electron chi connectivity index (χ4n) is 3.76. The van der Waals surface area contributed by atoms with Crippen LogP contribution in [0.25, 0.3) is 11.4 Å². The highest BCUT2D eigenvalue weighted by atomic mass is 32.1. The van der Waals surface area contributed by atoms with E-state index in [1.165, 1.54) is 4.88 Å². The van der Waals surface area contributed by atoms with Gasteiger partial charge in [-0.25, -0.2) is 0 Å². The van der Waals surface area contributed by atoms with Crippen LogP contribution in [-0.4, -0.2) is 23.2 Å². The second kappa shape index (κ2) is 9.31. The number of hydrogen-bond acceptors (Lipinski definition) is 7. The Kier molecular flexibility index (Phi) is 6.33. The smallest absolute Gasteiger partial charge is 0.226 e. The second-order valence-corrected chi connectivity index (χ2v) is 8.91. The normalized spacial score (nSPS) is 15.2. The van der Waals surface area contributed by atoms with Gasteiger partial charge in [0.2, 0.25) is 17.6 Å². The van der Waals surface area contributed by atoms with Crippen molar-refractivity contribution in [3.63, 3.8) is 0 Å². The maximum absolute atomic E-state index is 12.4. The molecule has 0 aliphatic heterocycles. The Hall–Kier alpha value is -3.18. The number of amides is 1. The number of aryl methyl sites for hydroxylation is 1. The molecule has 0 fully saturated rings. The number of nitriles is 1. The van der Waals surface area contributed by atoms with Crippen LogP contribution in [0.4, 0.5) is 5.00 Å². The van der Waals surface area contributed by atoms with Crippen molar-refractivity contribution < 1.29 is 14.1 Å². The van der Waals surface area contributed by atoms with Crippen LogP contribution in [-0.2, 0) is 24.1 Å². The van der Waals surface area contributed by atoms with Crippen molar-refractivity contribution in [2.45, 2.75) is 45.4 Å². The van der Waals surface area contributed by atoms with Crippen molar-refractivity contribution in [3.8, 4) is 23.2 Å². The van der Waals surface area contributed by atoms with Crippen molar-refractivity contribution in [3.05, 3.63) is 46.2 Å². The van der Waals surface area contributed by atoms with Gasteiger partial charge in [-0.3, -0.25) is 4.79 Å². The zero-order valence-electron chi connectivity index (χ0n) is 17.6. The minimum Gasteiger partial charge on any atom is -0.497 e. The third kappa shape index (κ3) is 4.78. The van der Waals surface area contributed by atoms with Gasteiger partial charge in [-0.15, -0.1) is 11.3 Å². The van der Waals surface area contributed by atoms with E-state index in [1.54, 1.807) is 18.4 Å². The molecule has 0 unspecified atom stereocenters. The number of nitrogens with zero attached hydrogens (tertiary/aromatic N) is 3. The van der Waals surface area contributed by atoms with E-state index >= 15 is 0 Å². The van der Waals surface area contributed by atoms with Gasteiger partial charge >= 0.3 is 0 Å². The van der Waals surface area contributed by atoms with E-state index in [4.69, 9.17) is 9.26 Å². The monoisotopic (exact) mass is 436 g/mol. The molecule has 31 heavy (non-hydrogen) atoms. The lowest BCUT2D eigenvalue weighted by Crippen LogP contribution is -2.12. The van der Waals surface area contributed by atoms with Gasteiger partial charge in [0.25, 0.3) is 0 Å². The molecule has 1 aromatic carbocycles. The average molecular weight is 437 g/mol. The molecule has 1 aliphatic rings. The van der Waals surface area contributed by atoms with Crippen LogP contribution in [0.1, 0.15) is 48.1 Å². The molecule has 0 saturated carbocycles. The maximum atomic E-state index is 12.4. The number of hydrogen-bond donors (Lipinski definition) is 1. The highest BCUT2D eigenvalue weighted by molar-refractivity contribution is 7.16. The molecule has 0 saturated heterocycles. The van der Waals surface area contributed by atoms with E-state index in [2.05, 4.69) is 28.5 Å². The number of carbonyl (C=O) groups excluding carboxylic acids is 1. The van der Waals surface area contributed by atoms with Gasteiger partial charge < -0.3 is 14.6 Å². The summed E-state index contributed by atoms with van der Waals surface area (Å²) in [6, 6.07) is 9.71. The molecule has 1 aliphatic carbocycles. The first-order valence-corrected chi connectivity index (χ1v) is 11.2. The largest absolute Gasteiger partial charge is 0.497 e. The lowest BCUT2D eigenvalue weighted by Gasteiger charge is -2.17. The SMILES string of the molecule is COc1ccc(-c2noc(CCCC(=O)Nc3sc4c(c3C#N)CC[C@H](C)C4)n2)cc1. The standard InChI is InChI=1S/C23H24N4O3S/c1-14-6-11-17-18(13-24)23(31-19(17)12-14)25-20(28)4-3-5-21-26-22(27-30-21)15-7-9-16(29-2)10-8-15/h7-10,14H,3-6,11-12H2,1-2H3,(H,25,28)/t14-/m0/s1. The third-order valence-corrected chi connectivity index (χ3v) is 6.66. The molecule has 160 valence electrons. The van der Waals surface area contributed by atoms with E-state index in [1.807, 2.05) is 24.3 Å². The van der Waals surface area contributed by atoms with Crippen molar-refractivity contribution in [2.24, 2.45) is 5.92 Å². The summed E-state index contributed by atoms with van der Waals surface area (Å²) in [6.07, 6.45) is 4.41. The molecule has 0 radical (unpaired) electrons. The predicted octanol–water partition coefficient (Wildman–Crippen LogP) is 4.76. The molecule has 0 spiro atoms. The zero-order chi connectivity index (χ0) is 21.8. The summed E-state index contributed by atoms with van der Waals surface area (Å²) in [5, 5.41) is 17.2. The van der Waals surface area contributed by atoms with Crippen LogP contribution in [0.5, 0.6) is 5.75 Å². The van der Waals surface area contributed by atoms with Crippen LogP contribution in [0.15, 0.2) is 28.8 Å². The summed E-state index contributed by atoms with van der Waals surface area (Å²) in [6.45, 7) is 2.23. The fraction of sp³-hybridized carbons (Fsp3) is 0.391. The lowest BCUT2D eigenvalue weighted by atomic mass is 9.88. The summed E-state index contributed by atoms with van der Waals surface area (Å²) in [4.78, 5) is 18.1. The molecular formula is C23H24N4O3S. The maximum Gasteiger partial charge on any atom is 0.226 e. The Morgan fingerprint density at radius 3 is 2.94 bits per heavy atom. The van der Waals surface area contributed by atoms with Crippen LogP contribution in [0, 0.1) is 17.2 Å². The van der Waals surface area contributed by atoms with Crippen LogP contribution in [0.2, 0.25) is 0 Å². The summed E-state index contributed by atoms with van der Waals surface area (Å²) in [7, 11) is 1.62. The number of benzene rings is 1. The number of carbonyl (C=O) groups is 1. The molecule has 0 bridgehead atoms. The molecule has 2 heterocycles. The van der Waals surface area contributed by atoms with Crippen LogP contribution < -0.4 is 10.1 Å². The number of rotatable bonds is 7. The van der Waals surface area contributed by atoms with E-state index in [0.29, 0.717) is 47.5 Å². The molecule has 7 nitrogen and oxygen atoms in total. The first kappa shape index (κ1) is 21.1. The molecule has 1 atom stereocenters. The Morgan fingerprint density at radius 1 is 1.39 bits per heavy atom. The van der Waals surface area contributed by atoms with Gasteiger partial charge in [0.05, 0.1) is 12.7 Å². The molecule has 2 aromatic heterocycles.